The zero-order chi connectivity index (χ0) is 7.56. The van der Waals surface area contributed by atoms with Gasteiger partial charge in [-0.25, -0.2) is 0 Å². The highest BCUT2D eigenvalue weighted by Crippen LogP contribution is 2.11. The molecule has 0 bridgehead atoms. The largest absolute Gasteiger partial charge is 0.324 e. The van der Waals surface area contributed by atoms with Crippen molar-refractivity contribution in [2.75, 3.05) is 0 Å². The van der Waals surface area contributed by atoms with Gasteiger partial charge in [0.2, 0.25) is 0 Å². The summed E-state index contributed by atoms with van der Waals surface area (Å²) in [7, 11) is 0. The molecule has 1 nitrogen and oxygen atoms in total. The van der Waals surface area contributed by atoms with Crippen molar-refractivity contribution in [1.82, 2.24) is 0 Å². The smallest absolute Gasteiger partial charge is 0.0266 e. The standard InChI is InChI=1S/C8H10IN/c1-6(10)7-2-4-8(9)5-3-7/h2-6H,10H2,1H3/t6-/m1/s1. The average Bonchev–Trinajstić information content (AvgIpc) is 1.88. The van der Waals surface area contributed by atoms with Crippen molar-refractivity contribution in [1.29, 1.82) is 0 Å². The predicted molar refractivity (Wildman–Crippen MR) is 51.8 cm³/mol. The Morgan fingerprint density at radius 3 is 2.20 bits per heavy atom. The molecule has 10 heavy (non-hydrogen) atoms. The lowest BCUT2D eigenvalue weighted by Crippen LogP contribution is -2.04. The van der Waals surface area contributed by atoms with Gasteiger partial charge in [0, 0.05) is 9.61 Å². The van der Waals surface area contributed by atoms with E-state index < -0.39 is 0 Å². The summed E-state index contributed by atoms with van der Waals surface area (Å²) in [6.07, 6.45) is 0. The molecule has 0 aliphatic heterocycles. The lowest BCUT2D eigenvalue weighted by atomic mass is 10.1. The summed E-state index contributed by atoms with van der Waals surface area (Å²) < 4.78 is 1.25. The van der Waals surface area contributed by atoms with Gasteiger partial charge in [0.05, 0.1) is 0 Å². The first-order chi connectivity index (χ1) is 4.70. The molecule has 0 saturated heterocycles. The van der Waals surface area contributed by atoms with Crippen molar-refractivity contribution in [3.8, 4) is 0 Å². The monoisotopic (exact) mass is 247 g/mol. The van der Waals surface area contributed by atoms with Gasteiger partial charge < -0.3 is 5.73 Å². The maximum atomic E-state index is 5.66. The van der Waals surface area contributed by atoms with Crippen molar-refractivity contribution in [2.24, 2.45) is 5.73 Å². The van der Waals surface area contributed by atoms with Crippen LogP contribution in [0.5, 0.6) is 0 Å². The third kappa shape index (κ3) is 1.95. The van der Waals surface area contributed by atoms with E-state index in [1.165, 1.54) is 9.13 Å². The van der Waals surface area contributed by atoms with E-state index in [-0.39, 0.29) is 6.04 Å². The van der Waals surface area contributed by atoms with E-state index in [9.17, 15) is 0 Å². The van der Waals surface area contributed by atoms with Gasteiger partial charge in [-0.2, -0.15) is 0 Å². The molecule has 0 spiro atoms. The van der Waals surface area contributed by atoms with Crippen LogP contribution >= 0.6 is 22.6 Å². The molecule has 2 N–H and O–H groups in total. The fourth-order valence-electron chi connectivity index (χ4n) is 0.766. The summed E-state index contributed by atoms with van der Waals surface area (Å²) in [5.74, 6) is 0. The Bertz CT molecular complexity index is 203. The summed E-state index contributed by atoms with van der Waals surface area (Å²) in [4.78, 5) is 0. The molecule has 0 aliphatic carbocycles. The molecular formula is C8H10IN. The first kappa shape index (κ1) is 8.01. The minimum atomic E-state index is 0.150. The molecule has 1 aromatic carbocycles. The van der Waals surface area contributed by atoms with Crippen LogP contribution in [0.1, 0.15) is 18.5 Å². The molecule has 0 aliphatic rings. The van der Waals surface area contributed by atoms with Gasteiger partial charge in [0.1, 0.15) is 0 Å². The number of benzene rings is 1. The Kier molecular flexibility index (Phi) is 2.68. The second-order valence-corrected chi connectivity index (χ2v) is 3.59. The lowest BCUT2D eigenvalue weighted by Gasteiger charge is -2.03. The van der Waals surface area contributed by atoms with Gasteiger partial charge in [-0.3, -0.25) is 0 Å². The highest BCUT2D eigenvalue weighted by molar-refractivity contribution is 14.1. The fourth-order valence-corrected chi connectivity index (χ4v) is 1.13. The minimum absolute atomic E-state index is 0.150. The summed E-state index contributed by atoms with van der Waals surface area (Å²) >= 11 is 2.28. The predicted octanol–water partition coefficient (Wildman–Crippen LogP) is 2.31. The van der Waals surface area contributed by atoms with E-state index in [0.29, 0.717) is 0 Å². The number of hydrogen-bond acceptors (Lipinski definition) is 1. The molecule has 1 atom stereocenters. The molecule has 0 aromatic heterocycles. The van der Waals surface area contributed by atoms with Gasteiger partial charge in [0.15, 0.2) is 0 Å². The zero-order valence-electron chi connectivity index (χ0n) is 5.84. The Hall–Kier alpha value is -0.0900. The number of nitrogens with two attached hydrogens (primary N) is 1. The minimum Gasteiger partial charge on any atom is -0.324 e. The third-order valence-electron chi connectivity index (χ3n) is 1.40. The van der Waals surface area contributed by atoms with Crippen molar-refractivity contribution in [3.05, 3.63) is 33.4 Å². The average molecular weight is 247 g/mol. The highest BCUT2D eigenvalue weighted by Gasteiger charge is 1.96. The first-order valence-electron chi connectivity index (χ1n) is 3.21. The molecule has 1 rings (SSSR count). The van der Waals surface area contributed by atoms with Crippen molar-refractivity contribution in [2.45, 2.75) is 13.0 Å². The SMILES string of the molecule is C[C@@H](N)c1ccc(I)cc1. The van der Waals surface area contributed by atoms with Crippen LogP contribution in [-0.2, 0) is 0 Å². The normalized spacial score (nSPS) is 13.1. The van der Waals surface area contributed by atoms with Crippen molar-refractivity contribution >= 4 is 22.6 Å². The van der Waals surface area contributed by atoms with Crippen LogP contribution in [0.15, 0.2) is 24.3 Å². The Morgan fingerprint density at radius 1 is 1.30 bits per heavy atom. The number of halogens is 1. The zero-order valence-corrected chi connectivity index (χ0v) is 8.00. The van der Waals surface area contributed by atoms with Crippen LogP contribution in [0, 0.1) is 3.57 Å². The van der Waals surface area contributed by atoms with Gasteiger partial charge >= 0.3 is 0 Å². The maximum absolute atomic E-state index is 5.66. The lowest BCUT2D eigenvalue weighted by molar-refractivity contribution is 0.818. The molecule has 0 unspecified atom stereocenters. The molecule has 1 aromatic rings. The second kappa shape index (κ2) is 3.34. The van der Waals surface area contributed by atoms with Gasteiger partial charge in [0.25, 0.3) is 0 Å². The van der Waals surface area contributed by atoms with Crippen molar-refractivity contribution in [3.63, 3.8) is 0 Å². The summed E-state index contributed by atoms with van der Waals surface area (Å²) in [6.45, 7) is 1.99. The summed E-state index contributed by atoms with van der Waals surface area (Å²) in [5, 5.41) is 0. The summed E-state index contributed by atoms with van der Waals surface area (Å²) in [6, 6.07) is 8.41. The first-order valence-corrected chi connectivity index (χ1v) is 4.29. The molecule has 0 saturated carbocycles. The van der Waals surface area contributed by atoms with Gasteiger partial charge in [-0.15, -0.1) is 0 Å². The van der Waals surface area contributed by atoms with E-state index in [4.69, 9.17) is 5.73 Å². The van der Waals surface area contributed by atoms with Crippen LogP contribution in [0.25, 0.3) is 0 Å². The molecule has 0 amide bonds. The maximum Gasteiger partial charge on any atom is 0.0266 e. The van der Waals surface area contributed by atoms with E-state index >= 15 is 0 Å². The van der Waals surface area contributed by atoms with Crippen LogP contribution in [0.4, 0.5) is 0 Å². The molecule has 0 radical (unpaired) electrons. The van der Waals surface area contributed by atoms with Gasteiger partial charge in [-0.1, -0.05) is 12.1 Å². The molecule has 0 heterocycles. The van der Waals surface area contributed by atoms with Crippen LogP contribution in [0.3, 0.4) is 0 Å². The molecule has 54 valence electrons. The Morgan fingerprint density at radius 2 is 1.80 bits per heavy atom. The Balaban J connectivity index is 2.89. The fraction of sp³-hybridized carbons (Fsp3) is 0.250. The van der Waals surface area contributed by atoms with Gasteiger partial charge in [-0.05, 0) is 47.2 Å². The van der Waals surface area contributed by atoms with E-state index in [0.717, 1.165) is 0 Å². The molecule has 2 heteroatoms. The van der Waals surface area contributed by atoms with Crippen LogP contribution in [-0.4, -0.2) is 0 Å². The topological polar surface area (TPSA) is 26.0 Å². The quantitative estimate of drug-likeness (QED) is 0.757. The van der Waals surface area contributed by atoms with E-state index in [1.54, 1.807) is 0 Å². The summed E-state index contributed by atoms with van der Waals surface area (Å²) in [5.41, 5.74) is 6.86. The van der Waals surface area contributed by atoms with E-state index in [2.05, 4.69) is 46.9 Å². The van der Waals surface area contributed by atoms with E-state index in [1.807, 2.05) is 6.92 Å². The highest BCUT2D eigenvalue weighted by atomic mass is 127. The molecular weight excluding hydrogens is 237 g/mol. The molecule has 0 fully saturated rings. The number of hydrogen-bond donors (Lipinski definition) is 1. The second-order valence-electron chi connectivity index (χ2n) is 2.34. The number of rotatable bonds is 1. The van der Waals surface area contributed by atoms with Crippen LogP contribution < -0.4 is 5.73 Å². The Labute approximate surface area is 74.8 Å². The van der Waals surface area contributed by atoms with Crippen molar-refractivity contribution < 1.29 is 0 Å². The van der Waals surface area contributed by atoms with Crippen LogP contribution in [0.2, 0.25) is 0 Å². The third-order valence-corrected chi connectivity index (χ3v) is 2.11.